The van der Waals surface area contributed by atoms with Crippen molar-refractivity contribution < 1.29 is 4.79 Å². The normalized spacial score (nSPS) is 10.1. The Morgan fingerprint density at radius 2 is 2.06 bits per heavy atom. The van der Waals surface area contributed by atoms with E-state index in [1.165, 1.54) is 0 Å². The molecular weight excluding hydrogens is 261 g/mol. The lowest BCUT2D eigenvalue weighted by Crippen LogP contribution is -2.35. The van der Waals surface area contributed by atoms with Crippen LogP contribution < -0.4 is 10.6 Å². The molecule has 0 unspecified atom stereocenters. The fourth-order valence-corrected chi connectivity index (χ4v) is 1.47. The van der Waals surface area contributed by atoms with Crippen molar-refractivity contribution in [1.29, 1.82) is 0 Å². The Hall–Kier alpha value is -0.970. The lowest BCUT2D eigenvalue weighted by Gasteiger charge is -2.17. The highest BCUT2D eigenvalue weighted by Gasteiger charge is 2.08. The molecule has 2 N–H and O–H groups in total. The number of nitrogens with one attached hydrogen (secondary N) is 2. The molecule has 0 aliphatic carbocycles. The van der Waals surface area contributed by atoms with Crippen molar-refractivity contribution in [3.8, 4) is 0 Å². The van der Waals surface area contributed by atoms with Crippen LogP contribution in [0.1, 0.15) is 0 Å². The first-order valence-corrected chi connectivity index (χ1v) is 5.92. The molecule has 0 heterocycles. The third-order valence-electron chi connectivity index (χ3n) is 2.21. The van der Waals surface area contributed by atoms with Gasteiger partial charge in [0.05, 0.1) is 10.0 Å². The first kappa shape index (κ1) is 14.1. The second kappa shape index (κ2) is 6.69. The monoisotopic (exact) mass is 275 g/mol. The molecule has 0 fully saturated rings. The van der Waals surface area contributed by atoms with Gasteiger partial charge in [-0.25, -0.2) is 4.79 Å². The van der Waals surface area contributed by atoms with Gasteiger partial charge in [0.2, 0.25) is 0 Å². The Kier molecular flexibility index (Phi) is 5.55. The molecule has 0 bridgehead atoms. The van der Waals surface area contributed by atoms with Gasteiger partial charge in [0.15, 0.2) is 0 Å². The maximum Gasteiger partial charge on any atom is 0.321 e. The van der Waals surface area contributed by atoms with Crippen molar-refractivity contribution in [2.45, 2.75) is 0 Å². The van der Waals surface area contributed by atoms with Crippen LogP contribution in [-0.4, -0.2) is 38.1 Å². The zero-order chi connectivity index (χ0) is 12.8. The van der Waals surface area contributed by atoms with Gasteiger partial charge in [-0.1, -0.05) is 23.2 Å². The fraction of sp³-hybridized carbons (Fsp3) is 0.364. The van der Waals surface area contributed by atoms with Gasteiger partial charge in [-0.2, -0.15) is 0 Å². The van der Waals surface area contributed by atoms with Gasteiger partial charge in [-0.05, 0) is 25.2 Å². The molecule has 1 aromatic rings. The zero-order valence-electron chi connectivity index (χ0n) is 9.76. The van der Waals surface area contributed by atoms with E-state index < -0.39 is 0 Å². The summed E-state index contributed by atoms with van der Waals surface area (Å²) in [5.41, 5.74) is 0.626. The largest absolute Gasteiger partial charge is 0.326 e. The Morgan fingerprint density at radius 3 is 2.65 bits per heavy atom. The minimum Gasteiger partial charge on any atom is -0.326 e. The average molecular weight is 276 g/mol. The van der Waals surface area contributed by atoms with Crippen molar-refractivity contribution in [2.75, 3.05) is 32.5 Å². The van der Waals surface area contributed by atoms with Crippen molar-refractivity contribution >= 4 is 34.9 Å². The summed E-state index contributed by atoms with van der Waals surface area (Å²) in [5.74, 6) is 0. The van der Waals surface area contributed by atoms with Crippen LogP contribution in [0.2, 0.25) is 10.0 Å². The molecule has 0 atom stereocenters. The SMILES string of the molecule is CNCCN(C)C(=O)Nc1ccc(Cl)c(Cl)c1. The van der Waals surface area contributed by atoms with Crippen LogP contribution in [-0.2, 0) is 0 Å². The predicted octanol–water partition coefficient (Wildman–Crippen LogP) is 2.68. The van der Waals surface area contributed by atoms with Crippen LogP contribution in [0, 0.1) is 0 Å². The van der Waals surface area contributed by atoms with Gasteiger partial charge >= 0.3 is 6.03 Å². The summed E-state index contributed by atoms with van der Waals surface area (Å²) in [6.07, 6.45) is 0. The van der Waals surface area contributed by atoms with E-state index in [0.717, 1.165) is 6.54 Å². The molecule has 1 aromatic carbocycles. The molecule has 17 heavy (non-hydrogen) atoms. The third-order valence-corrected chi connectivity index (χ3v) is 2.95. The number of hydrogen-bond acceptors (Lipinski definition) is 2. The number of carbonyl (C=O) groups is 1. The molecule has 0 radical (unpaired) electrons. The van der Waals surface area contributed by atoms with Crippen LogP contribution in [0.25, 0.3) is 0 Å². The van der Waals surface area contributed by atoms with Crippen molar-refractivity contribution in [2.24, 2.45) is 0 Å². The van der Waals surface area contributed by atoms with Crippen molar-refractivity contribution in [3.05, 3.63) is 28.2 Å². The molecule has 0 spiro atoms. The molecule has 0 aromatic heterocycles. The number of likely N-dealkylation sites (N-methyl/N-ethyl adjacent to an activating group) is 2. The summed E-state index contributed by atoms with van der Waals surface area (Å²) in [6, 6.07) is 4.79. The lowest BCUT2D eigenvalue weighted by molar-refractivity contribution is 0.223. The summed E-state index contributed by atoms with van der Waals surface area (Å²) in [4.78, 5) is 13.3. The van der Waals surface area contributed by atoms with E-state index in [0.29, 0.717) is 22.3 Å². The highest BCUT2D eigenvalue weighted by molar-refractivity contribution is 6.42. The summed E-state index contributed by atoms with van der Waals surface area (Å²) >= 11 is 11.6. The zero-order valence-corrected chi connectivity index (χ0v) is 11.3. The second-order valence-corrected chi connectivity index (χ2v) is 4.40. The standard InChI is InChI=1S/C11H15Cl2N3O/c1-14-5-6-16(2)11(17)15-8-3-4-9(12)10(13)7-8/h3-4,7,14H,5-6H2,1-2H3,(H,15,17). The topological polar surface area (TPSA) is 44.4 Å². The van der Waals surface area contributed by atoms with Gasteiger partial charge in [0.1, 0.15) is 0 Å². The molecule has 0 aliphatic heterocycles. The van der Waals surface area contributed by atoms with Crippen LogP contribution >= 0.6 is 23.2 Å². The maximum absolute atomic E-state index is 11.7. The van der Waals surface area contributed by atoms with E-state index in [2.05, 4.69) is 10.6 Å². The first-order valence-electron chi connectivity index (χ1n) is 5.16. The number of amides is 2. The van der Waals surface area contributed by atoms with Crippen LogP contribution in [0.4, 0.5) is 10.5 Å². The summed E-state index contributed by atoms with van der Waals surface area (Å²) in [5, 5.41) is 6.59. The van der Waals surface area contributed by atoms with Gasteiger partial charge in [0, 0.05) is 25.8 Å². The van der Waals surface area contributed by atoms with E-state index in [-0.39, 0.29) is 6.03 Å². The Bertz CT molecular complexity index is 398. The number of rotatable bonds is 4. The van der Waals surface area contributed by atoms with Gasteiger partial charge in [-0.3, -0.25) is 0 Å². The molecule has 0 aliphatic rings. The van der Waals surface area contributed by atoms with Crippen molar-refractivity contribution in [1.82, 2.24) is 10.2 Å². The number of halogens is 2. The minimum absolute atomic E-state index is 0.182. The molecule has 4 nitrogen and oxygen atoms in total. The Labute approximate surface area is 111 Å². The summed E-state index contributed by atoms with van der Waals surface area (Å²) < 4.78 is 0. The summed E-state index contributed by atoms with van der Waals surface area (Å²) in [6.45, 7) is 1.37. The van der Waals surface area contributed by atoms with E-state index in [1.54, 1.807) is 30.1 Å². The summed E-state index contributed by atoms with van der Waals surface area (Å²) in [7, 11) is 3.56. The number of carbonyl (C=O) groups excluding carboxylic acids is 1. The van der Waals surface area contributed by atoms with Crippen molar-refractivity contribution in [3.63, 3.8) is 0 Å². The van der Waals surface area contributed by atoms with E-state index in [9.17, 15) is 4.79 Å². The van der Waals surface area contributed by atoms with Crippen LogP contribution in [0.5, 0.6) is 0 Å². The van der Waals surface area contributed by atoms with E-state index in [1.807, 2.05) is 7.05 Å². The van der Waals surface area contributed by atoms with Crippen LogP contribution in [0.15, 0.2) is 18.2 Å². The Balaban J connectivity index is 2.58. The molecule has 0 saturated carbocycles. The molecule has 2 amide bonds. The molecule has 6 heteroatoms. The molecule has 94 valence electrons. The van der Waals surface area contributed by atoms with Gasteiger partial charge in [0.25, 0.3) is 0 Å². The third kappa shape index (κ3) is 4.42. The minimum atomic E-state index is -0.182. The maximum atomic E-state index is 11.7. The highest BCUT2D eigenvalue weighted by Crippen LogP contribution is 2.25. The molecule has 1 rings (SSSR count). The van der Waals surface area contributed by atoms with E-state index >= 15 is 0 Å². The van der Waals surface area contributed by atoms with Crippen LogP contribution in [0.3, 0.4) is 0 Å². The molecular formula is C11H15Cl2N3O. The van der Waals surface area contributed by atoms with E-state index in [4.69, 9.17) is 23.2 Å². The highest BCUT2D eigenvalue weighted by atomic mass is 35.5. The number of anilines is 1. The Morgan fingerprint density at radius 1 is 1.35 bits per heavy atom. The number of urea groups is 1. The quantitative estimate of drug-likeness (QED) is 0.888. The number of benzene rings is 1. The van der Waals surface area contributed by atoms with Gasteiger partial charge < -0.3 is 15.5 Å². The molecule has 0 saturated heterocycles. The predicted molar refractivity (Wildman–Crippen MR) is 72.0 cm³/mol. The van der Waals surface area contributed by atoms with Gasteiger partial charge in [-0.15, -0.1) is 0 Å². The smallest absolute Gasteiger partial charge is 0.321 e. The first-order chi connectivity index (χ1) is 8.04. The fourth-order valence-electron chi connectivity index (χ4n) is 1.17. The lowest BCUT2D eigenvalue weighted by atomic mass is 10.3. The average Bonchev–Trinajstić information content (AvgIpc) is 2.30. The second-order valence-electron chi connectivity index (χ2n) is 3.58. The number of hydrogen-bond donors (Lipinski definition) is 2. The number of nitrogens with zero attached hydrogens (tertiary/aromatic N) is 1.